The summed E-state index contributed by atoms with van der Waals surface area (Å²) in [7, 11) is 3.48. The first-order chi connectivity index (χ1) is 25.3. The molecule has 0 bridgehead atoms. The zero-order chi connectivity index (χ0) is 36.2. The highest BCUT2D eigenvalue weighted by Gasteiger charge is 2.27. The Morgan fingerprint density at radius 1 is 1.06 bits per heavy atom. The van der Waals surface area contributed by atoms with Crippen LogP contribution in [0.15, 0.2) is 42.6 Å². The van der Waals surface area contributed by atoms with Gasteiger partial charge < -0.3 is 30.0 Å². The van der Waals surface area contributed by atoms with E-state index in [-0.39, 0.29) is 17.9 Å². The molecule has 274 valence electrons. The van der Waals surface area contributed by atoms with Gasteiger partial charge in [0, 0.05) is 93.9 Å². The number of amides is 2. The molecule has 7 rings (SSSR count). The topological polar surface area (TPSA) is 136 Å². The number of anilines is 1. The SMILES string of the molecule is COc1nc(-c2ccnc(-c3cccc(NC(=O)c4nc5c(n4C)CCN(CCC4CCOCC4)C5)c3Cl)c2Cl)ccc1CNC[C@@H]1CCC(=O)N1. The molecule has 0 radical (unpaired) electrons. The number of ether oxygens (including phenoxy) is 2. The number of halogens is 2. The van der Waals surface area contributed by atoms with Crippen molar-refractivity contribution in [2.75, 3.05) is 45.3 Å². The number of methoxy groups -OCH3 is 1. The van der Waals surface area contributed by atoms with E-state index in [0.29, 0.717) is 75.4 Å². The summed E-state index contributed by atoms with van der Waals surface area (Å²) in [6.45, 7) is 5.63. The smallest absolute Gasteiger partial charge is 0.291 e. The molecule has 2 amide bonds. The summed E-state index contributed by atoms with van der Waals surface area (Å²) >= 11 is 14.0. The molecule has 6 heterocycles. The summed E-state index contributed by atoms with van der Waals surface area (Å²) < 4.78 is 13.0. The minimum absolute atomic E-state index is 0.0907. The monoisotopic (exact) mass is 746 g/mol. The van der Waals surface area contributed by atoms with E-state index in [2.05, 4.69) is 25.8 Å². The average molecular weight is 748 g/mol. The molecule has 3 N–H and O–H groups in total. The molecule has 3 aliphatic rings. The molecule has 52 heavy (non-hydrogen) atoms. The lowest BCUT2D eigenvalue weighted by atomic mass is 9.96. The number of hydrogen-bond acceptors (Lipinski definition) is 9. The van der Waals surface area contributed by atoms with E-state index >= 15 is 0 Å². The van der Waals surface area contributed by atoms with Crippen LogP contribution in [0.2, 0.25) is 10.0 Å². The van der Waals surface area contributed by atoms with Crippen LogP contribution in [0.4, 0.5) is 5.69 Å². The molecule has 0 saturated carbocycles. The Morgan fingerprint density at radius 2 is 1.90 bits per heavy atom. The van der Waals surface area contributed by atoms with Crippen molar-refractivity contribution in [3.63, 3.8) is 0 Å². The van der Waals surface area contributed by atoms with Crippen LogP contribution in [0.3, 0.4) is 0 Å². The third-order valence-electron chi connectivity index (χ3n) is 10.3. The molecular weight excluding hydrogens is 703 g/mol. The van der Waals surface area contributed by atoms with E-state index in [9.17, 15) is 9.59 Å². The van der Waals surface area contributed by atoms with Gasteiger partial charge in [-0.1, -0.05) is 41.4 Å². The van der Waals surface area contributed by atoms with Crippen molar-refractivity contribution in [2.24, 2.45) is 13.0 Å². The maximum atomic E-state index is 13.6. The second-order valence-electron chi connectivity index (χ2n) is 13.7. The number of aromatic nitrogens is 4. The summed E-state index contributed by atoms with van der Waals surface area (Å²) in [5, 5.41) is 10.0. The van der Waals surface area contributed by atoms with Gasteiger partial charge in [-0.05, 0) is 56.3 Å². The molecule has 4 aromatic rings. The van der Waals surface area contributed by atoms with Gasteiger partial charge in [0.05, 0.1) is 39.9 Å². The van der Waals surface area contributed by atoms with E-state index in [1.807, 2.05) is 29.8 Å². The fraction of sp³-hybridized carbons (Fsp3) is 0.447. The minimum atomic E-state index is -0.337. The first-order valence-corrected chi connectivity index (χ1v) is 18.7. The molecule has 12 nitrogen and oxygen atoms in total. The third-order valence-corrected chi connectivity index (χ3v) is 11.1. The molecule has 3 aromatic heterocycles. The lowest BCUT2D eigenvalue weighted by Crippen LogP contribution is -2.35. The summed E-state index contributed by atoms with van der Waals surface area (Å²) in [5.74, 6) is 1.29. The number of hydrogen-bond donors (Lipinski definition) is 3. The number of fused-ring (bicyclic) bond motifs is 1. The molecule has 1 aromatic carbocycles. The number of carbonyl (C=O) groups is 2. The van der Waals surface area contributed by atoms with Crippen molar-refractivity contribution in [3.05, 3.63) is 75.4 Å². The van der Waals surface area contributed by atoms with Gasteiger partial charge in [-0.2, -0.15) is 0 Å². The summed E-state index contributed by atoms with van der Waals surface area (Å²) in [6, 6.07) is 11.1. The summed E-state index contributed by atoms with van der Waals surface area (Å²) in [5.41, 5.74) is 5.64. The van der Waals surface area contributed by atoms with Gasteiger partial charge >= 0.3 is 0 Å². The number of imidazole rings is 1. The van der Waals surface area contributed by atoms with Crippen LogP contribution in [0.1, 0.15) is 59.7 Å². The molecule has 3 aliphatic heterocycles. The maximum absolute atomic E-state index is 13.6. The Bertz CT molecular complexity index is 1950. The quantitative estimate of drug-likeness (QED) is 0.168. The molecule has 2 saturated heterocycles. The van der Waals surface area contributed by atoms with Crippen LogP contribution in [0.25, 0.3) is 22.5 Å². The Kier molecular flexibility index (Phi) is 11.4. The highest BCUT2D eigenvalue weighted by Crippen LogP contribution is 2.40. The number of pyridine rings is 2. The van der Waals surface area contributed by atoms with Gasteiger partial charge in [-0.25, -0.2) is 9.97 Å². The Morgan fingerprint density at radius 3 is 2.69 bits per heavy atom. The number of benzene rings is 1. The van der Waals surface area contributed by atoms with Crippen LogP contribution in [0, 0.1) is 5.92 Å². The van der Waals surface area contributed by atoms with E-state index in [1.165, 1.54) is 0 Å². The maximum Gasteiger partial charge on any atom is 0.291 e. The van der Waals surface area contributed by atoms with E-state index < -0.39 is 0 Å². The minimum Gasteiger partial charge on any atom is -0.481 e. The molecular formula is C38H44Cl2N8O4. The van der Waals surface area contributed by atoms with Gasteiger partial charge in [0.2, 0.25) is 11.8 Å². The van der Waals surface area contributed by atoms with Crippen molar-refractivity contribution in [1.29, 1.82) is 0 Å². The lowest BCUT2D eigenvalue weighted by molar-refractivity contribution is -0.119. The van der Waals surface area contributed by atoms with E-state index in [0.717, 1.165) is 81.9 Å². The standard InChI is InChI=1S/C38H44Cl2N8O4/c1-47-31-12-17-48(16-11-23-13-18-52-19-14-23)22-30(31)44-36(47)37(50)45-29-5-3-4-27(33(29)39)35-34(40)26(10-15-42-35)28-8-6-24(38(46-28)51-2)20-41-21-25-7-9-32(49)43-25/h3-6,8,10,15,23,25,41H,7,9,11-14,16-22H2,1-2H3,(H,43,49)(H,45,50)/t25-/m0/s1. The van der Waals surface area contributed by atoms with Gasteiger partial charge in [0.25, 0.3) is 5.91 Å². The van der Waals surface area contributed by atoms with Gasteiger partial charge in [0.1, 0.15) is 0 Å². The van der Waals surface area contributed by atoms with Crippen molar-refractivity contribution in [2.45, 2.75) is 57.7 Å². The van der Waals surface area contributed by atoms with Crippen molar-refractivity contribution in [1.82, 2.24) is 35.1 Å². The zero-order valence-electron chi connectivity index (χ0n) is 29.5. The van der Waals surface area contributed by atoms with E-state index in [4.69, 9.17) is 42.6 Å². The Labute approximate surface area is 313 Å². The van der Waals surface area contributed by atoms with Crippen LogP contribution in [-0.2, 0) is 36.1 Å². The highest BCUT2D eigenvalue weighted by atomic mass is 35.5. The predicted octanol–water partition coefficient (Wildman–Crippen LogP) is 5.65. The number of nitrogens with one attached hydrogen (secondary N) is 3. The van der Waals surface area contributed by atoms with E-state index in [1.54, 1.807) is 31.5 Å². The predicted molar refractivity (Wildman–Crippen MR) is 201 cm³/mol. The summed E-state index contributed by atoms with van der Waals surface area (Å²) in [6.07, 6.45) is 7.32. The molecule has 0 unspecified atom stereocenters. The molecule has 14 heteroatoms. The number of rotatable bonds is 12. The van der Waals surface area contributed by atoms with Crippen molar-refractivity contribution in [3.8, 4) is 28.4 Å². The highest BCUT2D eigenvalue weighted by molar-refractivity contribution is 6.39. The fourth-order valence-corrected chi connectivity index (χ4v) is 7.91. The van der Waals surface area contributed by atoms with Gasteiger partial charge in [-0.15, -0.1) is 0 Å². The second kappa shape index (κ2) is 16.3. The van der Waals surface area contributed by atoms with Crippen LogP contribution < -0.4 is 20.7 Å². The molecule has 2 fully saturated rings. The lowest BCUT2D eigenvalue weighted by Gasteiger charge is -2.29. The number of nitrogens with zero attached hydrogens (tertiary/aromatic N) is 5. The van der Waals surface area contributed by atoms with Crippen LogP contribution in [0.5, 0.6) is 5.88 Å². The molecule has 1 atom stereocenters. The molecule has 0 spiro atoms. The van der Waals surface area contributed by atoms with Crippen LogP contribution in [-0.4, -0.2) is 82.2 Å². The normalized spacial score (nSPS) is 17.9. The third kappa shape index (κ3) is 7.96. The van der Waals surface area contributed by atoms with Gasteiger partial charge in [-0.3, -0.25) is 19.5 Å². The fourth-order valence-electron chi connectivity index (χ4n) is 7.34. The molecule has 0 aliphatic carbocycles. The first kappa shape index (κ1) is 36.3. The Hall–Kier alpha value is -4.07. The largest absolute Gasteiger partial charge is 0.481 e. The van der Waals surface area contributed by atoms with Gasteiger partial charge in [0.15, 0.2) is 5.82 Å². The van der Waals surface area contributed by atoms with Crippen LogP contribution >= 0.6 is 23.2 Å². The van der Waals surface area contributed by atoms with Crippen molar-refractivity contribution < 1.29 is 19.1 Å². The number of carbonyl (C=O) groups excluding carboxylic acids is 2. The second-order valence-corrected chi connectivity index (χ2v) is 14.5. The van der Waals surface area contributed by atoms with Crippen molar-refractivity contribution >= 4 is 40.7 Å². The first-order valence-electron chi connectivity index (χ1n) is 17.9. The zero-order valence-corrected chi connectivity index (χ0v) is 31.0. The average Bonchev–Trinajstić information content (AvgIpc) is 3.73. The summed E-state index contributed by atoms with van der Waals surface area (Å²) in [4.78, 5) is 41.7. The Balaban J connectivity index is 1.04.